The maximum absolute atomic E-state index is 13.7. The van der Waals surface area contributed by atoms with Gasteiger partial charge in [0.25, 0.3) is 5.56 Å². The van der Waals surface area contributed by atoms with E-state index in [2.05, 4.69) is 20.3 Å². The molecule has 0 radical (unpaired) electrons. The molecule has 8 nitrogen and oxygen atoms in total. The Hall–Kier alpha value is -4.01. The van der Waals surface area contributed by atoms with Crippen LogP contribution in [0.25, 0.3) is 22.3 Å². The summed E-state index contributed by atoms with van der Waals surface area (Å²) in [5.41, 5.74) is 7.52. The van der Waals surface area contributed by atoms with Crippen molar-refractivity contribution >= 4 is 22.8 Å². The zero-order valence-electron chi connectivity index (χ0n) is 16.1. The van der Waals surface area contributed by atoms with Crippen LogP contribution in [0, 0.1) is 5.82 Å². The third-order valence-electron chi connectivity index (χ3n) is 4.78. The molecule has 9 heteroatoms. The lowest BCUT2D eigenvalue weighted by molar-refractivity contribution is -0.118. The van der Waals surface area contributed by atoms with E-state index in [0.29, 0.717) is 28.7 Å². The molecule has 0 aliphatic rings. The van der Waals surface area contributed by atoms with Crippen molar-refractivity contribution in [3.63, 3.8) is 0 Å². The van der Waals surface area contributed by atoms with Crippen LogP contribution >= 0.6 is 0 Å². The number of carbonyl (C=O) groups is 1. The average molecular weight is 406 g/mol. The first-order valence-electron chi connectivity index (χ1n) is 9.23. The number of nitrogens with one attached hydrogen (secondary N) is 2. The molecule has 0 saturated heterocycles. The zero-order chi connectivity index (χ0) is 21.3. The third kappa shape index (κ3) is 3.77. The van der Waals surface area contributed by atoms with Crippen LogP contribution in [0.1, 0.15) is 5.56 Å². The maximum atomic E-state index is 13.7. The van der Waals surface area contributed by atoms with E-state index in [-0.39, 0.29) is 5.82 Å². The number of H-pyrrole nitrogens is 1. The minimum Gasteiger partial charge on any atom is -0.368 e. The maximum Gasteiger partial charge on any atom is 0.293 e. The number of anilines is 1. The molecule has 3 heterocycles. The third-order valence-corrected chi connectivity index (χ3v) is 4.78. The fourth-order valence-electron chi connectivity index (χ4n) is 3.26. The summed E-state index contributed by atoms with van der Waals surface area (Å²) in [6.07, 6.45) is 4.60. The number of aromatic amines is 1. The van der Waals surface area contributed by atoms with E-state index in [1.807, 2.05) is 30.3 Å². The van der Waals surface area contributed by atoms with Crippen LogP contribution in [0.5, 0.6) is 0 Å². The van der Waals surface area contributed by atoms with Crippen LogP contribution in [-0.4, -0.2) is 31.5 Å². The summed E-state index contributed by atoms with van der Waals surface area (Å²) in [6, 6.07) is 9.83. The number of rotatable bonds is 6. The highest BCUT2D eigenvalue weighted by molar-refractivity contribution is 5.92. The number of halogens is 1. The van der Waals surface area contributed by atoms with Crippen molar-refractivity contribution in [1.29, 1.82) is 0 Å². The first-order chi connectivity index (χ1) is 14.4. The quantitative estimate of drug-likeness (QED) is 0.452. The Balaban J connectivity index is 1.73. The van der Waals surface area contributed by atoms with E-state index in [1.165, 1.54) is 16.8 Å². The van der Waals surface area contributed by atoms with Gasteiger partial charge in [-0.25, -0.2) is 14.4 Å². The molecule has 4 N–H and O–H groups in total. The number of fused-ring (bicyclic) bond motifs is 1. The van der Waals surface area contributed by atoms with Crippen molar-refractivity contribution in [1.82, 2.24) is 19.5 Å². The highest BCUT2D eigenvalue weighted by Crippen LogP contribution is 2.26. The molecule has 0 fully saturated rings. The van der Waals surface area contributed by atoms with Gasteiger partial charge in [-0.05, 0) is 11.6 Å². The van der Waals surface area contributed by atoms with Gasteiger partial charge < -0.3 is 20.6 Å². The van der Waals surface area contributed by atoms with E-state index in [0.717, 1.165) is 11.8 Å². The van der Waals surface area contributed by atoms with Crippen molar-refractivity contribution < 1.29 is 9.18 Å². The van der Waals surface area contributed by atoms with Crippen molar-refractivity contribution in [2.24, 2.45) is 12.8 Å². The molecule has 0 spiro atoms. The molecule has 152 valence electrons. The predicted octanol–water partition coefficient (Wildman–Crippen LogP) is 1.97. The number of aryl methyl sites for hydroxylation is 1. The van der Waals surface area contributed by atoms with Gasteiger partial charge in [-0.3, -0.25) is 9.59 Å². The van der Waals surface area contributed by atoms with Crippen LogP contribution in [0.15, 0.2) is 59.8 Å². The van der Waals surface area contributed by atoms with Crippen molar-refractivity contribution in [2.75, 3.05) is 5.32 Å². The molecule has 30 heavy (non-hydrogen) atoms. The summed E-state index contributed by atoms with van der Waals surface area (Å²) >= 11 is 0. The molecule has 1 aromatic carbocycles. The van der Waals surface area contributed by atoms with Gasteiger partial charge in [-0.1, -0.05) is 30.3 Å². The highest BCUT2D eigenvalue weighted by Gasteiger charge is 2.20. The van der Waals surface area contributed by atoms with Crippen molar-refractivity contribution in [2.45, 2.75) is 12.5 Å². The molecule has 0 saturated carbocycles. The molecule has 0 bridgehead atoms. The number of amides is 1. The molecule has 4 rings (SSSR count). The summed E-state index contributed by atoms with van der Waals surface area (Å²) in [5.74, 6) is -1.11. The standard InChI is InChI=1S/C21H19FN6O2/c1-28-11-17(15-10-25-19-14(15)8-13(22)9-24-19)27-20(21(28)30)26-16(18(23)29)7-12-5-3-2-4-6-12/h2-6,8-11,16H,7H2,1H3,(H2,23,29)(H,24,25)(H,26,27)/t16-/m0/s1. The van der Waals surface area contributed by atoms with Crippen molar-refractivity contribution in [3.05, 3.63) is 76.7 Å². The number of nitrogens with two attached hydrogens (primary N) is 1. The molecule has 0 unspecified atom stereocenters. The van der Waals surface area contributed by atoms with E-state index >= 15 is 0 Å². The van der Waals surface area contributed by atoms with Crippen LogP contribution in [0.3, 0.4) is 0 Å². The summed E-state index contributed by atoms with van der Waals surface area (Å²) < 4.78 is 15.0. The molecule has 0 aliphatic heterocycles. The van der Waals surface area contributed by atoms with Crippen LogP contribution in [0.4, 0.5) is 10.2 Å². The van der Waals surface area contributed by atoms with E-state index in [1.54, 1.807) is 13.2 Å². The SMILES string of the molecule is Cn1cc(-c2c[nH]c3ncc(F)cc23)nc(N[C@@H](Cc2ccccc2)C(N)=O)c1=O. The monoisotopic (exact) mass is 406 g/mol. The Labute approximate surface area is 170 Å². The van der Waals surface area contributed by atoms with Gasteiger partial charge in [0.15, 0.2) is 5.82 Å². The fourth-order valence-corrected chi connectivity index (χ4v) is 3.26. The largest absolute Gasteiger partial charge is 0.368 e. The number of pyridine rings is 1. The molecular formula is C21H19FN6O2. The average Bonchev–Trinajstić information content (AvgIpc) is 3.14. The molecule has 3 aromatic heterocycles. The van der Waals surface area contributed by atoms with Gasteiger partial charge in [-0.15, -0.1) is 0 Å². The van der Waals surface area contributed by atoms with E-state index in [4.69, 9.17) is 5.73 Å². The number of aromatic nitrogens is 4. The van der Waals surface area contributed by atoms with Crippen LogP contribution in [0.2, 0.25) is 0 Å². The minimum atomic E-state index is -0.829. The van der Waals surface area contributed by atoms with Crippen LogP contribution in [-0.2, 0) is 18.3 Å². The molecular weight excluding hydrogens is 387 g/mol. The summed E-state index contributed by atoms with van der Waals surface area (Å²) in [5, 5.41) is 3.41. The second-order valence-electron chi connectivity index (χ2n) is 6.93. The lowest BCUT2D eigenvalue weighted by atomic mass is 10.1. The summed E-state index contributed by atoms with van der Waals surface area (Å²) in [6.45, 7) is 0. The number of primary amides is 1. The molecule has 0 aliphatic carbocycles. The normalized spacial score (nSPS) is 12.1. The fraction of sp³-hybridized carbons (Fsp3) is 0.143. The first-order valence-corrected chi connectivity index (χ1v) is 9.23. The summed E-state index contributed by atoms with van der Waals surface area (Å²) in [7, 11) is 1.57. The van der Waals surface area contributed by atoms with Gasteiger partial charge in [0.1, 0.15) is 17.5 Å². The lowest BCUT2D eigenvalue weighted by Crippen LogP contribution is -2.39. The van der Waals surface area contributed by atoms with E-state index < -0.39 is 23.3 Å². The smallest absolute Gasteiger partial charge is 0.293 e. The van der Waals surface area contributed by atoms with Gasteiger partial charge in [0.2, 0.25) is 5.91 Å². The Morgan fingerprint density at radius 2 is 2.10 bits per heavy atom. The van der Waals surface area contributed by atoms with Gasteiger partial charge in [-0.2, -0.15) is 0 Å². The summed E-state index contributed by atoms with van der Waals surface area (Å²) in [4.78, 5) is 36.0. The molecule has 4 aromatic rings. The number of benzene rings is 1. The van der Waals surface area contributed by atoms with E-state index in [9.17, 15) is 14.0 Å². The zero-order valence-corrected chi connectivity index (χ0v) is 16.1. The number of hydrogen-bond acceptors (Lipinski definition) is 5. The lowest BCUT2D eigenvalue weighted by Gasteiger charge is -2.17. The molecule has 1 atom stereocenters. The Kier molecular flexibility index (Phi) is 5.01. The van der Waals surface area contributed by atoms with Gasteiger partial charge >= 0.3 is 0 Å². The number of carbonyl (C=O) groups excluding carboxylic acids is 1. The Morgan fingerprint density at radius 3 is 2.83 bits per heavy atom. The second kappa shape index (κ2) is 7.78. The van der Waals surface area contributed by atoms with Crippen molar-refractivity contribution in [3.8, 4) is 11.3 Å². The van der Waals surface area contributed by atoms with Crippen LogP contribution < -0.4 is 16.6 Å². The Morgan fingerprint density at radius 1 is 1.33 bits per heavy atom. The minimum absolute atomic E-state index is 0.0200. The topological polar surface area (TPSA) is 119 Å². The van der Waals surface area contributed by atoms with Gasteiger partial charge in [0, 0.05) is 36.8 Å². The predicted molar refractivity (Wildman–Crippen MR) is 111 cm³/mol. The number of hydrogen-bond donors (Lipinski definition) is 3. The highest BCUT2D eigenvalue weighted by atomic mass is 19.1. The number of nitrogens with zero attached hydrogens (tertiary/aromatic N) is 3. The molecule has 1 amide bonds. The van der Waals surface area contributed by atoms with Gasteiger partial charge in [0.05, 0.1) is 11.9 Å². The first kappa shape index (κ1) is 19.3. The Bertz CT molecular complexity index is 1280. The second-order valence-corrected chi connectivity index (χ2v) is 6.93.